The number of ether oxygens (including phenoxy) is 1. The van der Waals surface area contributed by atoms with E-state index in [4.69, 9.17) is 15.6 Å². The van der Waals surface area contributed by atoms with Gasteiger partial charge in [0, 0.05) is 19.6 Å². The molecule has 18 heavy (non-hydrogen) atoms. The molecule has 1 aromatic rings. The van der Waals surface area contributed by atoms with E-state index in [1.165, 1.54) is 0 Å². The van der Waals surface area contributed by atoms with Crippen molar-refractivity contribution in [1.29, 1.82) is 0 Å². The van der Waals surface area contributed by atoms with Gasteiger partial charge in [0.15, 0.2) is 5.82 Å². The van der Waals surface area contributed by atoms with Crippen LogP contribution in [-0.4, -0.2) is 37.5 Å². The van der Waals surface area contributed by atoms with Gasteiger partial charge in [0.1, 0.15) is 0 Å². The van der Waals surface area contributed by atoms with Crippen LogP contribution in [0.5, 0.6) is 0 Å². The first-order valence-electron chi connectivity index (χ1n) is 5.81. The molecule has 1 aromatic carbocycles. The van der Waals surface area contributed by atoms with E-state index in [9.17, 15) is 4.39 Å². The van der Waals surface area contributed by atoms with Crippen molar-refractivity contribution in [3.8, 4) is 0 Å². The van der Waals surface area contributed by atoms with Crippen molar-refractivity contribution < 1.29 is 14.2 Å². The van der Waals surface area contributed by atoms with E-state index in [1.54, 1.807) is 6.07 Å². The summed E-state index contributed by atoms with van der Waals surface area (Å²) in [6, 6.07) is 3.54. The molecular formula is C12H16BrFN2O2. The zero-order chi connectivity index (χ0) is 13.1. The Bertz CT molecular complexity index is 431. The molecule has 0 aromatic heterocycles. The normalized spacial score (nSPS) is 20.2. The second kappa shape index (κ2) is 5.97. The van der Waals surface area contributed by atoms with E-state index in [-0.39, 0.29) is 18.5 Å². The van der Waals surface area contributed by atoms with Gasteiger partial charge in [0.05, 0.1) is 29.5 Å². The SMILES string of the molecule is NCc1ccc(N2CCOC(CO)C2)c(F)c1Br. The second-order valence-corrected chi connectivity index (χ2v) is 4.99. The minimum atomic E-state index is -0.309. The Hall–Kier alpha value is -0.690. The molecule has 0 bridgehead atoms. The summed E-state index contributed by atoms with van der Waals surface area (Å²) in [6.07, 6.45) is -0.258. The number of halogens is 2. The average Bonchev–Trinajstić information content (AvgIpc) is 2.42. The van der Waals surface area contributed by atoms with Gasteiger partial charge in [0.25, 0.3) is 0 Å². The number of anilines is 1. The van der Waals surface area contributed by atoms with Crippen LogP contribution in [0, 0.1) is 5.82 Å². The van der Waals surface area contributed by atoms with E-state index in [1.807, 2.05) is 11.0 Å². The fraction of sp³-hybridized carbons (Fsp3) is 0.500. The van der Waals surface area contributed by atoms with E-state index in [2.05, 4.69) is 15.9 Å². The lowest BCUT2D eigenvalue weighted by Crippen LogP contribution is -2.44. The summed E-state index contributed by atoms with van der Waals surface area (Å²) in [5.74, 6) is -0.309. The van der Waals surface area contributed by atoms with E-state index >= 15 is 0 Å². The number of benzene rings is 1. The van der Waals surface area contributed by atoms with Crippen molar-refractivity contribution in [3.05, 3.63) is 28.0 Å². The van der Waals surface area contributed by atoms with Crippen LogP contribution in [0.3, 0.4) is 0 Å². The van der Waals surface area contributed by atoms with Crippen LogP contribution in [0.4, 0.5) is 10.1 Å². The minimum Gasteiger partial charge on any atom is -0.394 e. The maximum atomic E-state index is 14.2. The predicted molar refractivity (Wildman–Crippen MR) is 71.0 cm³/mol. The second-order valence-electron chi connectivity index (χ2n) is 4.20. The van der Waals surface area contributed by atoms with Crippen LogP contribution in [0.1, 0.15) is 5.56 Å². The molecule has 0 amide bonds. The first-order chi connectivity index (χ1) is 8.67. The molecule has 4 nitrogen and oxygen atoms in total. The van der Waals surface area contributed by atoms with Gasteiger partial charge in [-0.15, -0.1) is 0 Å². The standard InChI is InChI=1S/C12H16BrFN2O2/c13-11-8(5-15)1-2-10(12(11)14)16-3-4-18-9(6-16)7-17/h1-2,9,17H,3-7,15H2. The lowest BCUT2D eigenvalue weighted by molar-refractivity contribution is 0.00340. The Morgan fingerprint density at radius 1 is 1.56 bits per heavy atom. The van der Waals surface area contributed by atoms with Gasteiger partial charge >= 0.3 is 0 Å². The molecule has 0 spiro atoms. The Morgan fingerprint density at radius 2 is 2.33 bits per heavy atom. The average molecular weight is 319 g/mol. The highest BCUT2D eigenvalue weighted by atomic mass is 79.9. The van der Waals surface area contributed by atoms with Crippen molar-refractivity contribution in [2.24, 2.45) is 5.73 Å². The molecule has 1 aliphatic heterocycles. The number of aliphatic hydroxyl groups excluding tert-OH is 1. The Balaban J connectivity index is 2.25. The van der Waals surface area contributed by atoms with Gasteiger partial charge in [-0.1, -0.05) is 6.07 Å². The molecule has 1 aliphatic rings. The zero-order valence-corrected chi connectivity index (χ0v) is 11.5. The molecule has 1 fully saturated rings. The minimum absolute atomic E-state index is 0.0554. The van der Waals surface area contributed by atoms with Crippen molar-refractivity contribution >= 4 is 21.6 Å². The number of nitrogens with zero attached hydrogens (tertiary/aromatic N) is 1. The van der Waals surface area contributed by atoms with Crippen LogP contribution in [0.2, 0.25) is 0 Å². The number of hydrogen-bond donors (Lipinski definition) is 2. The molecule has 0 aliphatic carbocycles. The van der Waals surface area contributed by atoms with Crippen molar-refractivity contribution in [1.82, 2.24) is 0 Å². The van der Waals surface area contributed by atoms with Crippen LogP contribution in [0.25, 0.3) is 0 Å². The highest BCUT2D eigenvalue weighted by Gasteiger charge is 2.23. The van der Waals surface area contributed by atoms with E-state index < -0.39 is 0 Å². The van der Waals surface area contributed by atoms with E-state index in [0.29, 0.717) is 36.4 Å². The summed E-state index contributed by atoms with van der Waals surface area (Å²) in [6.45, 7) is 1.82. The largest absolute Gasteiger partial charge is 0.394 e. The molecule has 1 heterocycles. The first-order valence-corrected chi connectivity index (χ1v) is 6.61. The summed E-state index contributed by atoms with van der Waals surface area (Å²) < 4.78 is 20.0. The van der Waals surface area contributed by atoms with Crippen LogP contribution < -0.4 is 10.6 Å². The van der Waals surface area contributed by atoms with Gasteiger partial charge in [-0.2, -0.15) is 0 Å². The third-order valence-corrected chi connectivity index (χ3v) is 3.90. The highest BCUT2D eigenvalue weighted by molar-refractivity contribution is 9.10. The summed E-state index contributed by atoms with van der Waals surface area (Å²) in [4.78, 5) is 1.88. The molecule has 100 valence electrons. The third-order valence-electron chi connectivity index (χ3n) is 3.04. The lowest BCUT2D eigenvalue weighted by atomic mass is 10.1. The Labute approximate surface area is 114 Å². The summed E-state index contributed by atoms with van der Waals surface area (Å²) in [5.41, 5.74) is 6.78. The molecule has 0 radical (unpaired) electrons. The molecule has 1 saturated heterocycles. The fourth-order valence-corrected chi connectivity index (χ4v) is 2.53. The zero-order valence-electron chi connectivity index (χ0n) is 9.90. The smallest absolute Gasteiger partial charge is 0.160 e. The number of rotatable bonds is 3. The van der Waals surface area contributed by atoms with Crippen LogP contribution in [-0.2, 0) is 11.3 Å². The van der Waals surface area contributed by atoms with Gasteiger partial charge in [-0.3, -0.25) is 0 Å². The number of morpholine rings is 1. The number of hydrogen-bond acceptors (Lipinski definition) is 4. The maximum Gasteiger partial charge on any atom is 0.160 e. The predicted octanol–water partition coefficient (Wildman–Crippen LogP) is 1.24. The van der Waals surface area contributed by atoms with Gasteiger partial charge in [-0.05, 0) is 27.6 Å². The van der Waals surface area contributed by atoms with E-state index in [0.717, 1.165) is 5.56 Å². The molecule has 3 N–H and O–H groups in total. The highest BCUT2D eigenvalue weighted by Crippen LogP contribution is 2.30. The summed E-state index contributed by atoms with van der Waals surface area (Å²) >= 11 is 3.23. The molecule has 1 atom stereocenters. The van der Waals surface area contributed by atoms with Gasteiger partial charge < -0.3 is 20.5 Å². The Morgan fingerprint density at radius 3 is 3.00 bits per heavy atom. The third kappa shape index (κ3) is 2.66. The molecular weight excluding hydrogens is 303 g/mol. The van der Waals surface area contributed by atoms with Crippen molar-refractivity contribution in [2.75, 3.05) is 31.2 Å². The number of nitrogens with two attached hydrogens (primary N) is 1. The van der Waals surface area contributed by atoms with Gasteiger partial charge in [0.2, 0.25) is 0 Å². The Kier molecular flexibility index (Phi) is 4.55. The van der Waals surface area contributed by atoms with Crippen LogP contribution in [0.15, 0.2) is 16.6 Å². The molecule has 1 unspecified atom stereocenters. The number of aliphatic hydroxyl groups is 1. The molecule has 6 heteroatoms. The van der Waals surface area contributed by atoms with Crippen LogP contribution >= 0.6 is 15.9 Å². The first kappa shape index (κ1) is 13.7. The maximum absolute atomic E-state index is 14.2. The summed E-state index contributed by atoms with van der Waals surface area (Å²) in [5, 5.41) is 9.09. The van der Waals surface area contributed by atoms with Crippen molar-refractivity contribution in [3.63, 3.8) is 0 Å². The monoisotopic (exact) mass is 318 g/mol. The topological polar surface area (TPSA) is 58.7 Å². The van der Waals surface area contributed by atoms with Gasteiger partial charge in [-0.25, -0.2) is 4.39 Å². The molecule has 0 saturated carbocycles. The lowest BCUT2D eigenvalue weighted by Gasteiger charge is -2.34. The fourth-order valence-electron chi connectivity index (χ4n) is 2.03. The molecule has 2 rings (SSSR count). The summed E-state index contributed by atoms with van der Waals surface area (Å²) in [7, 11) is 0. The van der Waals surface area contributed by atoms with Crippen molar-refractivity contribution in [2.45, 2.75) is 12.6 Å². The quantitative estimate of drug-likeness (QED) is 0.880.